The minimum atomic E-state index is -4.72. The van der Waals surface area contributed by atoms with Crippen LogP contribution in [0.3, 0.4) is 0 Å². The third-order valence-corrected chi connectivity index (χ3v) is 2.91. The average Bonchev–Trinajstić information content (AvgIpc) is 2.45. The van der Waals surface area contributed by atoms with Gasteiger partial charge in [-0.1, -0.05) is 37.3 Å². The molecular weight excluding hydrogens is 281 g/mol. The van der Waals surface area contributed by atoms with Crippen LogP contribution in [0.2, 0.25) is 0 Å². The smallest absolute Gasteiger partial charge is 0.406 e. The van der Waals surface area contributed by atoms with E-state index in [1.807, 2.05) is 0 Å². The van der Waals surface area contributed by atoms with Gasteiger partial charge in [0.05, 0.1) is 0 Å². The maximum absolute atomic E-state index is 12.2. The van der Waals surface area contributed by atoms with Crippen molar-refractivity contribution in [2.24, 2.45) is 0 Å². The number of hydrogen-bond acceptors (Lipinski definition) is 2. The van der Waals surface area contributed by atoms with Crippen LogP contribution in [-0.4, -0.2) is 12.1 Å². The van der Waals surface area contributed by atoms with E-state index in [0.717, 1.165) is 0 Å². The van der Waals surface area contributed by atoms with Crippen LogP contribution in [0.5, 0.6) is 5.75 Å². The SMILES string of the molecule is CCC(=O)c1cccc(-c2cccc(OC(F)(F)F)c2)c1. The molecule has 2 nitrogen and oxygen atoms in total. The van der Waals surface area contributed by atoms with Crippen molar-refractivity contribution in [3.8, 4) is 16.9 Å². The highest BCUT2D eigenvalue weighted by Gasteiger charge is 2.31. The summed E-state index contributed by atoms with van der Waals surface area (Å²) in [6, 6.07) is 12.5. The topological polar surface area (TPSA) is 26.3 Å². The first-order valence-electron chi connectivity index (χ1n) is 6.38. The highest BCUT2D eigenvalue weighted by molar-refractivity contribution is 5.97. The second-order valence-corrected chi connectivity index (χ2v) is 4.43. The summed E-state index contributed by atoms with van der Waals surface area (Å²) >= 11 is 0. The molecule has 5 heteroatoms. The van der Waals surface area contributed by atoms with E-state index in [1.54, 1.807) is 37.3 Å². The number of rotatable bonds is 4. The van der Waals surface area contributed by atoms with Crippen LogP contribution in [-0.2, 0) is 0 Å². The lowest BCUT2D eigenvalue weighted by Crippen LogP contribution is -2.17. The lowest BCUT2D eigenvalue weighted by Gasteiger charge is -2.10. The predicted octanol–water partition coefficient (Wildman–Crippen LogP) is 4.84. The average molecular weight is 294 g/mol. The van der Waals surface area contributed by atoms with Gasteiger partial charge in [-0.25, -0.2) is 0 Å². The van der Waals surface area contributed by atoms with Crippen LogP contribution in [0.15, 0.2) is 48.5 Å². The Morgan fingerprint density at radius 2 is 1.67 bits per heavy atom. The van der Waals surface area contributed by atoms with Gasteiger partial charge < -0.3 is 4.74 Å². The van der Waals surface area contributed by atoms with Crippen LogP contribution in [0.25, 0.3) is 11.1 Å². The summed E-state index contributed by atoms with van der Waals surface area (Å²) in [7, 11) is 0. The van der Waals surface area contributed by atoms with Crippen LogP contribution < -0.4 is 4.74 Å². The van der Waals surface area contributed by atoms with Gasteiger partial charge in [0.2, 0.25) is 0 Å². The molecule has 0 aromatic heterocycles. The first-order chi connectivity index (χ1) is 9.89. The van der Waals surface area contributed by atoms with Crippen LogP contribution in [0, 0.1) is 0 Å². The largest absolute Gasteiger partial charge is 0.573 e. The van der Waals surface area contributed by atoms with Crippen molar-refractivity contribution in [2.45, 2.75) is 19.7 Å². The van der Waals surface area contributed by atoms with Gasteiger partial charge in [-0.2, -0.15) is 0 Å². The third-order valence-electron chi connectivity index (χ3n) is 2.91. The number of hydrogen-bond donors (Lipinski definition) is 0. The van der Waals surface area contributed by atoms with E-state index in [9.17, 15) is 18.0 Å². The van der Waals surface area contributed by atoms with E-state index in [-0.39, 0.29) is 11.5 Å². The van der Waals surface area contributed by atoms with E-state index in [4.69, 9.17) is 0 Å². The van der Waals surface area contributed by atoms with Crippen molar-refractivity contribution < 1.29 is 22.7 Å². The Balaban J connectivity index is 2.34. The normalized spacial score (nSPS) is 11.2. The summed E-state index contributed by atoms with van der Waals surface area (Å²) in [6.45, 7) is 1.76. The van der Waals surface area contributed by atoms with Gasteiger partial charge in [0.15, 0.2) is 5.78 Å². The first kappa shape index (κ1) is 15.1. The zero-order valence-corrected chi connectivity index (χ0v) is 11.3. The molecule has 0 amide bonds. The van der Waals surface area contributed by atoms with Gasteiger partial charge >= 0.3 is 6.36 Å². The number of alkyl halides is 3. The molecule has 0 saturated heterocycles. The molecule has 21 heavy (non-hydrogen) atoms. The van der Waals surface area contributed by atoms with Gasteiger partial charge in [-0.05, 0) is 29.3 Å². The van der Waals surface area contributed by atoms with E-state index in [1.165, 1.54) is 18.2 Å². The Bertz CT molecular complexity index is 648. The van der Waals surface area contributed by atoms with Crippen molar-refractivity contribution >= 4 is 5.78 Å². The van der Waals surface area contributed by atoms with Crippen molar-refractivity contribution in [1.82, 2.24) is 0 Å². The fourth-order valence-corrected chi connectivity index (χ4v) is 1.95. The molecule has 2 aromatic carbocycles. The molecule has 0 heterocycles. The number of carbonyl (C=O) groups excluding carboxylic acids is 1. The van der Waals surface area contributed by atoms with Crippen molar-refractivity contribution in [1.29, 1.82) is 0 Å². The standard InChI is InChI=1S/C16H13F3O2/c1-2-15(20)13-7-3-5-11(9-13)12-6-4-8-14(10-12)21-16(17,18)19/h3-10H,2H2,1H3. The van der Waals surface area contributed by atoms with Crippen molar-refractivity contribution in [2.75, 3.05) is 0 Å². The summed E-state index contributed by atoms with van der Waals surface area (Å²) in [6.07, 6.45) is -4.35. The summed E-state index contributed by atoms with van der Waals surface area (Å²) in [5.74, 6) is -0.299. The number of ketones is 1. The highest BCUT2D eigenvalue weighted by Crippen LogP contribution is 2.28. The fraction of sp³-hybridized carbons (Fsp3) is 0.188. The maximum atomic E-state index is 12.2. The molecule has 0 atom stereocenters. The molecular formula is C16H13F3O2. The molecule has 0 aliphatic carbocycles. The van der Waals surface area contributed by atoms with Gasteiger partial charge in [-0.15, -0.1) is 13.2 Å². The Hall–Kier alpha value is -2.30. The Morgan fingerprint density at radius 3 is 2.29 bits per heavy atom. The molecule has 0 spiro atoms. The maximum Gasteiger partial charge on any atom is 0.573 e. The third kappa shape index (κ3) is 4.08. The number of halogens is 3. The van der Waals surface area contributed by atoms with E-state index in [0.29, 0.717) is 23.1 Å². The first-order valence-corrected chi connectivity index (χ1v) is 6.38. The lowest BCUT2D eigenvalue weighted by atomic mass is 10.0. The second-order valence-electron chi connectivity index (χ2n) is 4.43. The Morgan fingerprint density at radius 1 is 1.05 bits per heavy atom. The summed E-state index contributed by atoms with van der Waals surface area (Å²) in [4.78, 5) is 11.7. The van der Waals surface area contributed by atoms with Crippen LogP contribution in [0.4, 0.5) is 13.2 Å². The second kappa shape index (κ2) is 5.99. The number of carbonyl (C=O) groups is 1. The zero-order valence-electron chi connectivity index (χ0n) is 11.3. The van der Waals surface area contributed by atoms with Gasteiger partial charge in [0.1, 0.15) is 5.75 Å². The predicted molar refractivity (Wildman–Crippen MR) is 73.2 cm³/mol. The molecule has 0 saturated carbocycles. The van der Waals surface area contributed by atoms with Gasteiger partial charge in [0, 0.05) is 12.0 Å². The van der Waals surface area contributed by atoms with E-state index >= 15 is 0 Å². The Kier molecular flexibility index (Phi) is 4.31. The molecule has 0 radical (unpaired) electrons. The molecule has 0 fully saturated rings. The summed E-state index contributed by atoms with van der Waals surface area (Å²) in [5, 5.41) is 0. The molecule has 0 unspecified atom stereocenters. The van der Waals surface area contributed by atoms with Crippen molar-refractivity contribution in [3.05, 3.63) is 54.1 Å². The molecule has 0 aliphatic rings. The van der Waals surface area contributed by atoms with Crippen LogP contribution >= 0.6 is 0 Å². The summed E-state index contributed by atoms with van der Waals surface area (Å²) < 4.78 is 40.6. The van der Waals surface area contributed by atoms with Crippen LogP contribution in [0.1, 0.15) is 23.7 Å². The number of ether oxygens (including phenoxy) is 1. The minimum absolute atomic E-state index is 0.0143. The summed E-state index contributed by atoms with van der Waals surface area (Å²) in [5.41, 5.74) is 1.77. The quantitative estimate of drug-likeness (QED) is 0.754. The molecule has 2 rings (SSSR count). The number of Topliss-reactive ketones (excluding diaryl/α,β-unsaturated/α-hetero) is 1. The van der Waals surface area contributed by atoms with E-state index < -0.39 is 6.36 Å². The minimum Gasteiger partial charge on any atom is -0.406 e. The zero-order chi connectivity index (χ0) is 15.5. The Labute approximate surface area is 120 Å². The lowest BCUT2D eigenvalue weighted by molar-refractivity contribution is -0.274. The molecule has 110 valence electrons. The molecule has 0 bridgehead atoms. The monoisotopic (exact) mass is 294 g/mol. The van der Waals surface area contributed by atoms with Gasteiger partial charge in [-0.3, -0.25) is 4.79 Å². The molecule has 2 aromatic rings. The molecule has 0 aliphatic heterocycles. The molecule has 0 N–H and O–H groups in total. The highest BCUT2D eigenvalue weighted by atomic mass is 19.4. The van der Waals surface area contributed by atoms with Crippen molar-refractivity contribution in [3.63, 3.8) is 0 Å². The van der Waals surface area contributed by atoms with Gasteiger partial charge in [0.25, 0.3) is 0 Å². The fourth-order valence-electron chi connectivity index (χ4n) is 1.95. The number of benzene rings is 2. The van der Waals surface area contributed by atoms with E-state index in [2.05, 4.69) is 4.74 Å².